The van der Waals surface area contributed by atoms with Crippen molar-refractivity contribution in [1.82, 2.24) is 15.5 Å². The predicted molar refractivity (Wildman–Crippen MR) is 166 cm³/mol. The summed E-state index contributed by atoms with van der Waals surface area (Å²) in [6, 6.07) is 22.2. The Morgan fingerprint density at radius 2 is 1.43 bits per heavy atom. The van der Waals surface area contributed by atoms with Crippen LogP contribution in [0.25, 0.3) is 0 Å². The molecule has 0 aromatic heterocycles. The number of alkyl carbamates (subject to hydrolysis) is 2. The van der Waals surface area contributed by atoms with Gasteiger partial charge in [-0.2, -0.15) is 0 Å². The number of β-lactam (4-membered cyclic amide) rings is 1. The van der Waals surface area contributed by atoms with Gasteiger partial charge in [0.05, 0.1) is 26.7 Å². The van der Waals surface area contributed by atoms with Gasteiger partial charge in [0.1, 0.15) is 30.8 Å². The number of carbonyl (C=O) groups excluding carboxylic acids is 3. The molecule has 0 aliphatic carbocycles. The van der Waals surface area contributed by atoms with Crippen LogP contribution in [0, 0.1) is 5.92 Å². The number of carboxylic acids is 1. The molecule has 1 saturated heterocycles. The SMILES string of the molecule is COc1ccc(CN2C(=O)[C@H](CCCN=C(NC(=O)OCc3ccccc3)NC(=O)OCc3ccccc3)[C@H]2C(=O)O)c(OC)c1. The van der Waals surface area contributed by atoms with Gasteiger partial charge in [-0.25, -0.2) is 14.4 Å². The highest BCUT2D eigenvalue weighted by atomic mass is 16.6. The van der Waals surface area contributed by atoms with E-state index in [1.165, 1.54) is 19.1 Å². The molecule has 13 heteroatoms. The number of rotatable bonds is 13. The molecule has 0 spiro atoms. The molecule has 0 radical (unpaired) electrons. The van der Waals surface area contributed by atoms with Gasteiger partial charge in [0, 0.05) is 18.2 Å². The molecule has 1 fully saturated rings. The number of ether oxygens (including phenoxy) is 4. The van der Waals surface area contributed by atoms with Crippen LogP contribution in [0.1, 0.15) is 29.5 Å². The molecule has 4 rings (SSSR count). The second kappa shape index (κ2) is 16.5. The monoisotopic (exact) mass is 632 g/mol. The summed E-state index contributed by atoms with van der Waals surface area (Å²) in [5.74, 6) is -1.34. The zero-order valence-corrected chi connectivity index (χ0v) is 25.5. The molecule has 0 unspecified atom stereocenters. The molecular weight excluding hydrogens is 596 g/mol. The van der Waals surface area contributed by atoms with Crippen molar-refractivity contribution in [3.63, 3.8) is 0 Å². The Labute approximate surface area is 266 Å². The third-order valence-corrected chi connectivity index (χ3v) is 7.21. The topological polar surface area (TPSA) is 165 Å². The van der Waals surface area contributed by atoms with Gasteiger partial charge >= 0.3 is 18.2 Å². The van der Waals surface area contributed by atoms with Gasteiger partial charge in [-0.3, -0.25) is 20.4 Å². The van der Waals surface area contributed by atoms with Crippen molar-refractivity contribution >= 4 is 30.0 Å². The third-order valence-electron chi connectivity index (χ3n) is 7.21. The number of carbonyl (C=O) groups is 4. The molecular formula is C33H36N4O9. The quantitative estimate of drug-likeness (QED) is 0.109. The van der Waals surface area contributed by atoms with E-state index in [0.717, 1.165) is 11.1 Å². The number of nitrogens with zero attached hydrogens (tertiary/aromatic N) is 2. The van der Waals surface area contributed by atoms with Gasteiger partial charge in [-0.15, -0.1) is 0 Å². The number of aliphatic carboxylic acids is 1. The summed E-state index contributed by atoms with van der Waals surface area (Å²) in [4.78, 5) is 55.6. The highest BCUT2D eigenvalue weighted by molar-refractivity contribution is 6.01. The smallest absolute Gasteiger partial charge is 0.414 e. The average Bonchev–Trinajstić information content (AvgIpc) is 3.07. The summed E-state index contributed by atoms with van der Waals surface area (Å²) < 4.78 is 21.1. The number of guanidine groups is 1. The molecule has 2 atom stereocenters. The van der Waals surface area contributed by atoms with Gasteiger partial charge in [-0.1, -0.05) is 60.7 Å². The lowest BCUT2D eigenvalue weighted by Crippen LogP contribution is -2.63. The van der Waals surface area contributed by atoms with Crippen molar-refractivity contribution in [3.05, 3.63) is 95.6 Å². The van der Waals surface area contributed by atoms with E-state index >= 15 is 0 Å². The lowest BCUT2D eigenvalue weighted by molar-refractivity contribution is -0.172. The van der Waals surface area contributed by atoms with E-state index in [1.54, 1.807) is 42.5 Å². The number of amides is 3. The summed E-state index contributed by atoms with van der Waals surface area (Å²) >= 11 is 0. The number of nitrogens with one attached hydrogen (secondary N) is 2. The zero-order chi connectivity index (χ0) is 32.9. The van der Waals surface area contributed by atoms with Crippen LogP contribution in [0.2, 0.25) is 0 Å². The van der Waals surface area contributed by atoms with Crippen LogP contribution in [0.3, 0.4) is 0 Å². The second-order valence-electron chi connectivity index (χ2n) is 10.3. The standard InChI is InChI=1S/C33H36N4O9/c1-43-25-16-15-24(27(18-25)44-2)19-37-28(30(39)40)26(29(37)38)14-9-17-34-31(35-32(41)45-20-22-10-5-3-6-11-22)36-33(42)46-21-23-12-7-4-8-13-23/h3-8,10-13,15-16,18,26,28H,9,14,17,19-21H2,1-2H3,(H,39,40)(H2,34,35,36,41,42)/t26-,28+/m1/s1. The number of benzene rings is 3. The molecule has 242 valence electrons. The molecule has 0 bridgehead atoms. The fourth-order valence-electron chi connectivity index (χ4n) is 4.87. The highest BCUT2D eigenvalue weighted by Crippen LogP contribution is 2.35. The molecule has 46 heavy (non-hydrogen) atoms. The lowest BCUT2D eigenvalue weighted by Gasteiger charge is -2.45. The molecule has 3 amide bonds. The van der Waals surface area contributed by atoms with Gasteiger partial charge in [0.25, 0.3) is 0 Å². The number of aliphatic imine (C=N–C) groups is 1. The van der Waals surface area contributed by atoms with Crippen LogP contribution in [0.4, 0.5) is 9.59 Å². The van der Waals surface area contributed by atoms with E-state index < -0.39 is 30.1 Å². The van der Waals surface area contributed by atoms with Crippen molar-refractivity contribution in [2.75, 3.05) is 20.8 Å². The van der Waals surface area contributed by atoms with E-state index in [-0.39, 0.29) is 44.6 Å². The first-order valence-electron chi connectivity index (χ1n) is 14.5. The maximum Gasteiger partial charge on any atom is 0.414 e. The van der Waals surface area contributed by atoms with Gasteiger partial charge in [0.15, 0.2) is 0 Å². The molecule has 0 saturated carbocycles. The number of carboxylic acid groups (broad SMARTS) is 1. The fraction of sp³-hybridized carbons (Fsp3) is 0.303. The van der Waals surface area contributed by atoms with Crippen LogP contribution in [-0.2, 0) is 38.8 Å². The van der Waals surface area contributed by atoms with Crippen LogP contribution >= 0.6 is 0 Å². The summed E-state index contributed by atoms with van der Waals surface area (Å²) in [6.45, 7) is 0.122. The molecule has 1 aliphatic heterocycles. The van der Waals surface area contributed by atoms with E-state index in [0.29, 0.717) is 23.5 Å². The Bertz CT molecular complexity index is 1470. The van der Waals surface area contributed by atoms with Crippen molar-refractivity contribution in [2.24, 2.45) is 10.9 Å². The summed E-state index contributed by atoms with van der Waals surface area (Å²) in [7, 11) is 3.01. The molecule has 3 aromatic carbocycles. The highest BCUT2D eigenvalue weighted by Gasteiger charge is 2.51. The summed E-state index contributed by atoms with van der Waals surface area (Å²) in [6.07, 6.45) is -1.18. The van der Waals surface area contributed by atoms with E-state index in [9.17, 15) is 24.3 Å². The predicted octanol–water partition coefficient (Wildman–Crippen LogP) is 4.10. The molecule has 1 aliphatic rings. The largest absolute Gasteiger partial charge is 0.497 e. The van der Waals surface area contributed by atoms with Crippen LogP contribution in [-0.4, -0.2) is 66.8 Å². The van der Waals surface area contributed by atoms with E-state index in [4.69, 9.17) is 18.9 Å². The minimum Gasteiger partial charge on any atom is -0.497 e. The van der Waals surface area contributed by atoms with E-state index in [2.05, 4.69) is 15.6 Å². The Balaban J connectivity index is 1.35. The Hall–Kier alpha value is -5.59. The molecule has 3 aromatic rings. The van der Waals surface area contributed by atoms with Crippen LogP contribution in [0.5, 0.6) is 11.5 Å². The third kappa shape index (κ3) is 9.21. The first-order chi connectivity index (χ1) is 22.3. The Kier molecular flexibility index (Phi) is 11.9. The van der Waals surface area contributed by atoms with Crippen LogP contribution < -0.4 is 20.1 Å². The minimum absolute atomic E-state index is 0.00231. The number of likely N-dealkylation sites (tertiary alicyclic amines) is 1. The lowest BCUT2D eigenvalue weighted by atomic mass is 9.83. The van der Waals surface area contributed by atoms with Crippen LogP contribution in [0.15, 0.2) is 83.9 Å². The second-order valence-corrected chi connectivity index (χ2v) is 10.3. The number of hydrogen-bond acceptors (Lipinski definition) is 9. The number of methoxy groups -OCH3 is 2. The fourth-order valence-corrected chi connectivity index (χ4v) is 4.87. The van der Waals surface area contributed by atoms with Gasteiger partial charge in [0.2, 0.25) is 11.9 Å². The van der Waals surface area contributed by atoms with Crippen molar-refractivity contribution in [3.8, 4) is 11.5 Å². The Morgan fingerprint density at radius 3 is 1.96 bits per heavy atom. The molecule has 3 N–H and O–H groups in total. The van der Waals surface area contributed by atoms with Crippen molar-refractivity contribution in [2.45, 2.75) is 38.6 Å². The van der Waals surface area contributed by atoms with Gasteiger partial charge in [-0.05, 0) is 36.1 Å². The summed E-state index contributed by atoms with van der Waals surface area (Å²) in [5, 5.41) is 14.7. The average molecular weight is 633 g/mol. The molecule has 13 nitrogen and oxygen atoms in total. The normalized spacial score (nSPS) is 15.2. The molecule has 1 heterocycles. The van der Waals surface area contributed by atoms with Gasteiger partial charge < -0.3 is 29.0 Å². The van der Waals surface area contributed by atoms with Crippen molar-refractivity contribution < 1.29 is 43.2 Å². The number of hydrogen-bond donors (Lipinski definition) is 3. The van der Waals surface area contributed by atoms with E-state index in [1.807, 2.05) is 36.4 Å². The maximum absolute atomic E-state index is 13.0. The minimum atomic E-state index is -1.12. The summed E-state index contributed by atoms with van der Waals surface area (Å²) in [5.41, 5.74) is 2.18. The Morgan fingerprint density at radius 1 is 0.848 bits per heavy atom. The first-order valence-corrected chi connectivity index (χ1v) is 14.5. The maximum atomic E-state index is 13.0. The zero-order valence-electron chi connectivity index (χ0n) is 25.5. The van der Waals surface area contributed by atoms with Crippen molar-refractivity contribution in [1.29, 1.82) is 0 Å². The first kappa shape index (κ1) is 33.3.